The van der Waals surface area contributed by atoms with Crippen molar-refractivity contribution in [2.75, 3.05) is 13.1 Å². The van der Waals surface area contributed by atoms with Crippen molar-refractivity contribution in [2.45, 2.75) is 25.8 Å². The van der Waals surface area contributed by atoms with Crippen LogP contribution in [0.5, 0.6) is 0 Å². The van der Waals surface area contributed by atoms with Gasteiger partial charge in [0.2, 0.25) is 5.91 Å². The molecule has 0 saturated heterocycles. The molecule has 0 aliphatic heterocycles. The molecular weight excluding hydrogens is 184 g/mol. The Balaban J connectivity index is 3.50. The number of primary amides is 1. The summed E-state index contributed by atoms with van der Waals surface area (Å²) in [5.41, 5.74) is 9.95. The van der Waals surface area contributed by atoms with Gasteiger partial charge >= 0.3 is 6.03 Å². The predicted molar refractivity (Wildman–Crippen MR) is 53.5 cm³/mol. The molecule has 0 saturated carbocycles. The summed E-state index contributed by atoms with van der Waals surface area (Å²) in [7, 11) is 0. The van der Waals surface area contributed by atoms with E-state index in [1.807, 2.05) is 0 Å². The van der Waals surface area contributed by atoms with Crippen molar-refractivity contribution in [1.29, 1.82) is 0 Å². The highest BCUT2D eigenvalue weighted by molar-refractivity contribution is 5.77. The number of nitrogens with one attached hydrogen (secondary N) is 2. The largest absolute Gasteiger partial charge is 0.354 e. The standard InChI is InChI=1S/C8H18N4O2/c1-8(2,10)5-6(13)11-3-4-12-7(9)14/h3-5,10H2,1-2H3,(H,11,13)(H3,9,12,14). The number of carbonyl (C=O) groups excluding carboxylic acids is 2. The van der Waals surface area contributed by atoms with Crippen LogP contribution >= 0.6 is 0 Å². The normalized spacial score (nSPS) is 10.8. The molecule has 0 aromatic carbocycles. The fourth-order valence-corrected chi connectivity index (χ4v) is 0.864. The number of rotatable bonds is 5. The Morgan fingerprint density at radius 3 is 2.14 bits per heavy atom. The van der Waals surface area contributed by atoms with Crippen LogP contribution < -0.4 is 22.1 Å². The van der Waals surface area contributed by atoms with Crippen LogP contribution in [0.3, 0.4) is 0 Å². The third-order valence-electron chi connectivity index (χ3n) is 1.36. The molecule has 0 radical (unpaired) electrons. The van der Waals surface area contributed by atoms with Crippen LogP contribution in [0.4, 0.5) is 4.79 Å². The summed E-state index contributed by atoms with van der Waals surface area (Å²) in [4.78, 5) is 21.4. The minimum Gasteiger partial charge on any atom is -0.354 e. The van der Waals surface area contributed by atoms with E-state index in [0.717, 1.165) is 0 Å². The molecule has 0 heterocycles. The van der Waals surface area contributed by atoms with Gasteiger partial charge in [-0.05, 0) is 13.8 Å². The average molecular weight is 202 g/mol. The fraction of sp³-hybridized carbons (Fsp3) is 0.750. The molecule has 6 heteroatoms. The number of nitrogens with two attached hydrogens (primary N) is 2. The number of carbonyl (C=O) groups is 2. The number of hydrogen-bond donors (Lipinski definition) is 4. The maximum Gasteiger partial charge on any atom is 0.312 e. The molecule has 14 heavy (non-hydrogen) atoms. The summed E-state index contributed by atoms with van der Waals surface area (Å²) in [6, 6.07) is -0.599. The summed E-state index contributed by atoms with van der Waals surface area (Å²) in [5.74, 6) is -0.135. The third kappa shape index (κ3) is 8.79. The zero-order valence-corrected chi connectivity index (χ0v) is 8.59. The van der Waals surface area contributed by atoms with Gasteiger partial charge < -0.3 is 22.1 Å². The highest BCUT2D eigenvalue weighted by Crippen LogP contribution is 2.01. The van der Waals surface area contributed by atoms with E-state index in [0.29, 0.717) is 13.1 Å². The highest BCUT2D eigenvalue weighted by atomic mass is 16.2. The van der Waals surface area contributed by atoms with Crippen LogP contribution in [0.2, 0.25) is 0 Å². The molecule has 0 rings (SSSR count). The number of urea groups is 1. The Morgan fingerprint density at radius 1 is 1.21 bits per heavy atom. The van der Waals surface area contributed by atoms with E-state index in [1.165, 1.54) is 0 Å². The van der Waals surface area contributed by atoms with E-state index in [1.54, 1.807) is 13.8 Å². The second-order valence-corrected chi connectivity index (χ2v) is 3.81. The quantitative estimate of drug-likeness (QED) is 0.424. The number of amides is 3. The molecule has 3 amide bonds. The Morgan fingerprint density at radius 2 is 1.71 bits per heavy atom. The Kier molecular flexibility index (Phi) is 4.93. The fourth-order valence-electron chi connectivity index (χ4n) is 0.864. The average Bonchev–Trinajstić information content (AvgIpc) is 1.94. The first-order valence-corrected chi connectivity index (χ1v) is 4.40. The van der Waals surface area contributed by atoms with Crippen molar-refractivity contribution in [3.63, 3.8) is 0 Å². The molecule has 82 valence electrons. The van der Waals surface area contributed by atoms with E-state index < -0.39 is 11.6 Å². The van der Waals surface area contributed by atoms with Gasteiger partial charge in [-0.3, -0.25) is 4.79 Å². The van der Waals surface area contributed by atoms with E-state index in [4.69, 9.17) is 11.5 Å². The highest BCUT2D eigenvalue weighted by Gasteiger charge is 2.15. The molecule has 0 aliphatic rings. The lowest BCUT2D eigenvalue weighted by molar-refractivity contribution is -0.121. The van der Waals surface area contributed by atoms with Crippen molar-refractivity contribution in [1.82, 2.24) is 10.6 Å². The number of hydrogen-bond acceptors (Lipinski definition) is 3. The van der Waals surface area contributed by atoms with Gasteiger partial charge in [0.05, 0.1) is 0 Å². The van der Waals surface area contributed by atoms with Gasteiger partial charge in [0.25, 0.3) is 0 Å². The molecule has 0 unspecified atom stereocenters. The van der Waals surface area contributed by atoms with Gasteiger partial charge in [-0.2, -0.15) is 0 Å². The SMILES string of the molecule is CC(C)(N)CC(=O)NCCNC(N)=O. The van der Waals surface area contributed by atoms with Gasteiger partial charge in [-0.15, -0.1) is 0 Å². The Labute approximate surface area is 83.4 Å². The summed E-state index contributed by atoms with van der Waals surface area (Å²) < 4.78 is 0. The first-order chi connectivity index (χ1) is 6.31. The summed E-state index contributed by atoms with van der Waals surface area (Å²) >= 11 is 0. The summed E-state index contributed by atoms with van der Waals surface area (Å²) in [6.45, 7) is 4.23. The van der Waals surface area contributed by atoms with Gasteiger partial charge in [0.15, 0.2) is 0 Å². The molecule has 6 nitrogen and oxygen atoms in total. The maximum atomic E-state index is 11.2. The van der Waals surface area contributed by atoms with Gasteiger partial charge in [-0.1, -0.05) is 0 Å². The predicted octanol–water partition coefficient (Wildman–Crippen LogP) is -1.10. The first kappa shape index (κ1) is 12.7. The zero-order valence-electron chi connectivity index (χ0n) is 8.59. The van der Waals surface area contributed by atoms with Crippen LogP contribution in [-0.2, 0) is 4.79 Å². The van der Waals surface area contributed by atoms with Crippen molar-refractivity contribution in [2.24, 2.45) is 11.5 Å². The Hall–Kier alpha value is -1.30. The molecule has 0 spiro atoms. The van der Waals surface area contributed by atoms with Gasteiger partial charge in [-0.25, -0.2) is 4.79 Å². The second kappa shape index (κ2) is 5.43. The maximum absolute atomic E-state index is 11.2. The molecule has 6 N–H and O–H groups in total. The first-order valence-electron chi connectivity index (χ1n) is 4.40. The van der Waals surface area contributed by atoms with Crippen LogP contribution in [-0.4, -0.2) is 30.6 Å². The zero-order chi connectivity index (χ0) is 11.2. The molecule has 0 atom stereocenters. The lowest BCUT2D eigenvalue weighted by atomic mass is 10.0. The van der Waals surface area contributed by atoms with Gasteiger partial charge in [0, 0.05) is 25.0 Å². The molecular formula is C8H18N4O2. The smallest absolute Gasteiger partial charge is 0.312 e. The molecule has 0 fully saturated rings. The summed E-state index contributed by atoms with van der Waals surface area (Å²) in [5, 5.41) is 4.96. The van der Waals surface area contributed by atoms with E-state index in [2.05, 4.69) is 10.6 Å². The van der Waals surface area contributed by atoms with Crippen LogP contribution in [0.25, 0.3) is 0 Å². The van der Waals surface area contributed by atoms with Gasteiger partial charge in [0.1, 0.15) is 0 Å². The molecule has 0 aliphatic carbocycles. The third-order valence-corrected chi connectivity index (χ3v) is 1.36. The van der Waals surface area contributed by atoms with E-state index in [-0.39, 0.29) is 12.3 Å². The van der Waals surface area contributed by atoms with E-state index >= 15 is 0 Å². The molecule has 0 aromatic rings. The van der Waals surface area contributed by atoms with E-state index in [9.17, 15) is 9.59 Å². The van der Waals surface area contributed by atoms with Crippen molar-refractivity contribution < 1.29 is 9.59 Å². The minimum atomic E-state index is -0.599. The topological polar surface area (TPSA) is 110 Å². The minimum absolute atomic E-state index is 0.135. The monoisotopic (exact) mass is 202 g/mol. The Bertz CT molecular complexity index is 210. The lowest BCUT2D eigenvalue weighted by Crippen LogP contribution is -2.42. The summed E-state index contributed by atoms with van der Waals surface area (Å²) in [6.07, 6.45) is 0.254. The van der Waals surface area contributed by atoms with Crippen LogP contribution in [0, 0.1) is 0 Å². The van der Waals surface area contributed by atoms with Crippen molar-refractivity contribution >= 4 is 11.9 Å². The molecule has 0 aromatic heterocycles. The molecule has 0 bridgehead atoms. The van der Waals surface area contributed by atoms with Crippen LogP contribution in [0.15, 0.2) is 0 Å². The van der Waals surface area contributed by atoms with Crippen molar-refractivity contribution in [3.05, 3.63) is 0 Å². The second-order valence-electron chi connectivity index (χ2n) is 3.81. The lowest BCUT2D eigenvalue weighted by Gasteiger charge is -2.17. The van der Waals surface area contributed by atoms with Crippen LogP contribution in [0.1, 0.15) is 20.3 Å². The van der Waals surface area contributed by atoms with Crippen molar-refractivity contribution in [3.8, 4) is 0 Å².